The van der Waals surface area contributed by atoms with Crippen LogP contribution in [0.5, 0.6) is 17.2 Å². The minimum Gasteiger partial charge on any atom is -0.494 e. The topological polar surface area (TPSA) is 39.7 Å². The Labute approximate surface area is 161 Å². The zero-order chi connectivity index (χ0) is 19.1. The number of ether oxygens (including phenoxy) is 3. The molecule has 4 nitrogen and oxygen atoms in total. The number of hydrogen-bond donors (Lipinski definition) is 1. The van der Waals surface area contributed by atoms with Crippen LogP contribution < -0.4 is 19.5 Å². The molecule has 0 bridgehead atoms. The van der Waals surface area contributed by atoms with Crippen LogP contribution in [0.1, 0.15) is 18.1 Å². The van der Waals surface area contributed by atoms with Crippen molar-refractivity contribution in [2.45, 2.75) is 19.9 Å². The van der Waals surface area contributed by atoms with Crippen LogP contribution in [-0.4, -0.2) is 27.4 Å². The quantitative estimate of drug-likeness (QED) is 0.563. The number of fused-ring (bicyclic) bond motifs is 1. The maximum absolute atomic E-state index is 5.85. The highest BCUT2D eigenvalue weighted by Crippen LogP contribution is 2.29. The molecular formula is C23H27NO3. The molecule has 3 rings (SSSR count). The zero-order valence-corrected chi connectivity index (χ0v) is 16.2. The van der Waals surface area contributed by atoms with Crippen molar-refractivity contribution in [2.75, 3.05) is 27.4 Å². The maximum atomic E-state index is 5.85. The van der Waals surface area contributed by atoms with Gasteiger partial charge in [-0.3, -0.25) is 0 Å². The van der Waals surface area contributed by atoms with Gasteiger partial charge in [-0.25, -0.2) is 0 Å². The Morgan fingerprint density at radius 2 is 1.63 bits per heavy atom. The highest BCUT2D eigenvalue weighted by molar-refractivity contribution is 5.87. The summed E-state index contributed by atoms with van der Waals surface area (Å²) >= 11 is 0. The molecule has 0 saturated carbocycles. The monoisotopic (exact) mass is 365 g/mol. The van der Waals surface area contributed by atoms with E-state index in [0.717, 1.165) is 36.8 Å². The van der Waals surface area contributed by atoms with E-state index < -0.39 is 0 Å². The SMILES string of the molecule is CCOc1ccc2ccccc2c1CNCCc1ccc(OC)c(OC)c1. The first-order chi connectivity index (χ1) is 13.3. The molecule has 0 fully saturated rings. The molecule has 0 aliphatic heterocycles. The molecule has 0 heterocycles. The van der Waals surface area contributed by atoms with E-state index in [9.17, 15) is 0 Å². The smallest absolute Gasteiger partial charge is 0.160 e. The van der Waals surface area contributed by atoms with Gasteiger partial charge in [0.1, 0.15) is 5.75 Å². The van der Waals surface area contributed by atoms with E-state index >= 15 is 0 Å². The second kappa shape index (κ2) is 9.28. The lowest BCUT2D eigenvalue weighted by molar-refractivity contribution is 0.336. The van der Waals surface area contributed by atoms with Gasteiger partial charge in [-0.2, -0.15) is 0 Å². The number of nitrogens with one attached hydrogen (secondary N) is 1. The van der Waals surface area contributed by atoms with Crippen molar-refractivity contribution in [3.8, 4) is 17.2 Å². The molecule has 3 aromatic carbocycles. The molecule has 1 N–H and O–H groups in total. The van der Waals surface area contributed by atoms with Crippen LogP contribution in [0.15, 0.2) is 54.6 Å². The highest BCUT2D eigenvalue weighted by atomic mass is 16.5. The second-order valence-electron chi connectivity index (χ2n) is 6.31. The fraction of sp³-hybridized carbons (Fsp3) is 0.304. The summed E-state index contributed by atoms with van der Waals surface area (Å²) in [5.41, 5.74) is 2.42. The minimum atomic E-state index is 0.664. The van der Waals surface area contributed by atoms with Gasteiger partial charge in [0, 0.05) is 12.1 Å². The molecule has 0 spiro atoms. The summed E-state index contributed by atoms with van der Waals surface area (Å²) in [5, 5.41) is 6.03. The second-order valence-corrected chi connectivity index (χ2v) is 6.31. The van der Waals surface area contributed by atoms with Crippen LogP contribution in [0.25, 0.3) is 10.8 Å². The first kappa shape index (κ1) is 19.1. The Bertz CT molecular complexity index is 892. The van der Waals surface area contributed by atoms with E-state index in [-0.39, 0.29) is 0 Å². The molecule has 0 aromatic heterocycles. The number of rotatable bonds is 9. The predicted molar refractivity (Wildman–Crippen MR) is 110 cm³/mol. The summed E-state index contributed by atoms with van der Waals surface area (Å²) in [7, 11) is 3.31. The summed E-state index contributed by atoms with van der Waals surface area (Å²) in [5.74, 6) is 2.48. The first-order valence-electron chi connectivity index (χ1n) is 9.31. The number of benzene rings is 3. The lowest BCUT2D eigenvalue weighted by Gasteiger charge is -2.14. The fourth-order valence-electron chi connectivity index (χ4n) is 3.27. The maximum Gasteiger partial charge on any atom is 0.160 e. The van der Waals surface area contributed by atoms with Crippen molar-refractivity contribution in [3.63, 3.8) is 0 Å². The van der Waals surface area contributed by atoms with Crippen molar-refractivity contribution >= 4 is 10.8 Å². The van der Waals surface area contributed by atoms with E-state index in [2.05, 4.69) is 47.8 Å². The third-order valence-electron chi connectivity index (χ3n) is 4.64. The summed E-state index contributed by atoms with van der Waals surface area (Å²) in [6.07, 6.45) is 0.912. The van der Waals surface area contributed by atoms with Crippen LogP contribution in [-0.2, 0) is 13.0 Å². The molecule has 0 aliphatic carbocycles. The molecule has 0 unspecified atom stereocenters. The third kappa shape index (κ3) is 4.52. The Morgan fingerprint density at radius 3 is 2.41 bits per heavy atom. The molecule has 4 heteroatoms. The predicted octanol–water partition coefficient (Wildman–Crippen LogP) is 4.59. The molecule has 0 atom stereocenters. The van der Waals surface area contributed by atoms with Crippen LogP contribution in [0, 0.1) is 0 Å². The van der Waals surface area contributed by atoms with Gasteiger partial charge in [-0.15, -0.1) is 0 Å². The Kier molecular flexibility index (Phi) is 6.55. The van der Waals surface area contributed by atoms with E-state index in [1.54, 1.807) is 14.2 Å². The third-order valence-corrected chi connectivity index (χ3v) is 4.64. The highest BCUT2D eigenvalue weighted by Gasteiger charge is 2.09. The van der Waals surface area contributed by atoms with Gasteiger partial charge in [0.2, 0.25) is 0 Å². The molecule has 0 radical (unpaired) electrons. The lowest BCUT2D eigenvalue weighted by Crippen LogP contribution is -2.17. The standard InChI is InChI=1S/C23H27NO3/c1-4-27-21-12-10-18-7-5-6-8-19(18)20(21)16-24-14-13-17-9-11-22(25-2)23(15-17)26-3/h5-12,15,24H,4,13-14,16H2,1-3H3. The number of hydrogen-bond acceptors (Lipinski definition) is 4. The van der Waals surface area contributed by atoms with Gasteiger partial charge in [0.15, 0.2) is 11.5 Å². The first-order valence-corrected chi connectivity index (χ1v) is 9.31. The molecule has 142 valence electrons. The van der Waals surface area contributed by atoms with E-state index in [1.807, 2.05) is 19.1 Å². The average molecular weight is 365 g/mol. The Morgan fingerprint density at radius 1 is 0.852 bits per heavy atom. The van der Waals surface area contributed by atoms with Crippen LogP contribution in [0.4, 0.5) is 0 Å². The van der Waals surface area contributed by atoms with Crippen molar-refractivity contribution in [1.29, 1.82) is 0 Å². The molecule has 27 heavy (non-hydrogen) atoms. The normalized spacial score (nSPS) is 10.8. The van der Waals surface area contributed by atoms with Gasteiger partial charge in [-0.1, -0.05) is 36.4 Å². The molecule has 0 aliphatic rings. The molecule has 0 amide bonds. The van der Waals surface area contributed by atoms with Gasteiger partial charge >= 0.3 is 0 Å². The summed E-state index contributed by atoms with van der Waals surface area (Å²) in [6, 6.07) is 18.7. The van der Waals surface area contributed by atoms with E-state index in [0.29, 0.717) is 6.61 Å². The van der Waals surface area contributed by atoms with E-state index in [4.69, 9.17) is 14.2 Å². The Balaban J connectivity index is 1.68. The summed E-state index contributed by atoms with van der Waals surface area (Å²) in [6.45, 7) is 4.31. The summed E-state index contributed by atoms with van der Waals surface area (Å²) < 4.78 is 16.5. The number of methoxy groups -OCH3 is 2. The molecule has 3 aromatic rings. The zero-order valence-electron chi connectivity index (χ0n) is 16.2. The van der Waals surface area contributed by atoms with Crippen molar-refractivity contribution in [1.82, 2.24) is 5.32 Å². The van der Waals surface area contributed by atoms with Gasteiger partial charge in [-0.05, 0) is 54.4 Å². The lowest BCUT2D eigenvalue weighted by atomic mass is 10.0. The van der Waals surface area contributed by atoms with E-state index in [1.165, 1.54) is 21.9 Å². The largest absolute Gasteiger partial charge is 0.494 e. The molecular weight excluding hydrogens is 338 g/mol. The summed E-state index contributed by atoms with van der Waals surface area (Å²) in [4.78, 5) is 0. The van der Waals surface area contributed by atoms with Crippen molar-refractivity contribution in [3.05, 3.63) is 65.7 Å². The molecule has 0 saturated heterocycles. The van der Waals surface area contributed by atoms with Crippen molar-refractivity contribution in [2.24, 2.45) is 0 Å². The van der Waals surface area contributed by atoms with Gasteiger partial charge in [0.25, 0.3) is 0 Å². The minimum absolute atomic E-state index is 0.664. The van der Waals surface area contributed by atoms with Gasteiger partial charge < -0.3 is 19.5 Å². The fourth-order valence-corrected chi connectivity index (χ4v) is 3.27. The Hall–Kier alpha value is -2.72. The van der Waals surface area contributed by atoms with Gasteiger partial charge in [0.05, 0.1) is 20.8 Å². The van der Waals surface area contributed by atoms with Crippen LogP contribution in [0.2, 0.25) is 0 Å². The average Bonchev–Trinajstić information content (AvgIpc) is 2.72. The van der Waals surface area contributed by atoms with Crippen molar-refractivity contribution < 1.29 is 14.2 Å². The van der Waals surface area contributed by atoms with Crippen LogP contribution >= 0.6 is 0 Å². The van der Waals surface area contributed by atoms with Crippen LogP contribution in [0.3, 0.4) is 0 Å².